The summed E-state index contributed by atoms with van der Waals surface area (Å²) in [6.07, 6.45) is 4.42. The highest BCUT2D eigenvalue weighted by Crippen LogP contribution is 2.39. The highest BCUT2D eigenvalue weighted by Gasteiger charge is 2.27. The number of pyridine rings is 1. The molecule has 20 heavy (non-hydrogen) atoms. The fraction of sp³-hybridized carbons (Fsp3) is 0.438. The number of aryl methyl sites for hydroxylation is 1. The van der Waals surface area contributed by atoms with Gasteiger partial charge in [0, 0.05) is 21.6 Å². The first-order valence-corrected chi connectivity index (χ1v) is 7.73. The van der Waals surface area contributed by atoms with Gasteiger partial charge in [0.15, 0.2) is 0 Å². The van der Waals surface area contributed by atoms with Crippen molar-refractivity contribution in [1.82, 2.24) is 4.98 Å². The highest BCUT2D eigenvalue weighted by molar-refractivity contribution is 6.38. The van der Waals surface area contributed by atoms with Crippen LogP contribution in [0.5, 0.6) is 0 Å². The molecule has 0 atom stereocenters. The Hall–Kier alpha value is -0.830. The van der Waals surface area contributed by atoms with Crippen molar-refractivity contribution in [2.75, 3.05) is 0 Å². The molecule has 0 radical (unpaired) electrons. The van der Waals surface area contributed by atoms with Gasteiger partial charge in [0.1, 0.15) is 0 Å². The van der Waals surface area contributed by atoms with Crippen molar-refractivity contribution < 1.29 is 0 Å². The van der Waals surface area contributed by atoms with Gasteiger partial charge < -0.3 is 5.73 Å². The van der Waals surface area contributed by atoms with E-state index in [2.05, 4.69) is 0 Å². The van der Waals surface area contributed by atoms with E-state index in [1.165, 1.54) is 18.4 Å². The lowest BCUT2D eigenvalue weighted by Crippen LogP contribution is -2.32. The number of hydrogen-bond acceptors (Lipinski definition) is 2. The predicted molar refractivity (Wildman–Crippen MR) is 85.6 cm³/mol. The summed E-state index contributed by atoms with van der Waals surface area (Å²) in [5.74, 6) is 0. The summed E-state index contributed by atoms with van der Waals surface area (Å²) in [6.45, 7) is 4.06. The van der Waals surface area contributed by atoms with E-state index < -0.39 is 5.54 Å². The molecule has 0 aliphatic heterocycles. The zero-order valence-electron chi connectivity index (χ0n) is 11.8. The minimum Gasteiger partial charge on any atom is -0.322 e. The number of nitrogens with zero attached hydrogens (tertiary/aromatic N) is 1. The van der Waals surface area contributed by atoms with E-state index in [1.807, 2.05) is 19.9 Å². The molecule has 0 fully saturated rings. The number of hydrogen-bond donors (Lipinski definition) is 1. The SMILES string of the molecule is CC(C)(N)c1c2c(nc3cc(Cl)cc(Cl)c13)CCCC2. The summed E-state index contributed by atoms with van der Waals surface area (Å²) in [4.78, 5) is 4.79. The third-order valence-corrected chi connectivity index (χ3v) is 4.44. The molecule has 4 heteroatoms. The van der Waals surface area contributed by atoms with E-state index in [9.17, 15) is 0 Å². The molecular formula is C16H18Cl2N2. The molecule has 0 saturated carbocycles. The van der Waals surface area contributed by atoms with Gasteiger partial charge in [0.25, 0.3) is 0 Å². The van der Waals surface area contributed by atoms with Crippen LogP contribution in [-0.2, 0) is 18.4 Å². The van der Waals surface area contributed by atoms with Gasteiger partial charge >= 0.3 is 0 Å². The first-order chi connectivity index (χ1) is 9.38. The lowest BCUT2D eigenvalue weighted by Gasteiger charge is -2.29. The van der Waals surface area contributed by atoms with Crippen LogP contribution in [0.15, 0.2) is 12.1 Å². The van der Waals surface area contributed by atoms with Crippen LogP contribution in [0, 0.1) is 0 Å². The molecule has 1 aromatic carbocycles. The van der Waals surface area contributed by atoms with E-state index in [-0.39, 0.29) is 0 Å². The van der Waals surface area contributed by atoms with Gasteiger partial charge in [0.05, 0.1) is 10.5 Å². The molecule has 0 bridgehead atoms. The maximum atomic E-state index is 6.44. The number of nitrogens with two attached hydrogens (primary N) is 1. The van der Waals surface area contributed by atoms with Crippen LogP contribution in [0.4, 0.5) is 0 Å². The Labute approximate surface area is 129 Å². The maximum Gasteiger partial charge on any atom is 0.0738 e. The van der Waals surface area contributed by atoms with Crippen molar-refractivity contribution in [3.05, 3.63) is 39.0 Å². The number of halogens is 2. The van der Waals surface area contributed by atoms with Crippen molar-refractivity contribution in [2.45, 2.75) is 45.1 Å². The molecule has 0 amide bonds. The van der Waals surface area contributed by atoms with E-state index >= 15 is 0 Å². The van der Waals surface area contributed by atoms with Gasteiger partial charge in [-0.05, 0) is 62.8 Å². The molecule has 1 aliphatic rings. The van der Waals surface area contributed by atoms with Crippen LogP contribution in [-0.4, -0.2) is 4.98 Å². The van der Waals surface area contributed by atoms with Crippen LogP contribution >= 0.6 is 23.2 Å². The number of benzene rings is 1. The largest absolute Gasteiger partial charge is 0.322 e. The first-order valence-electron chi connectivity index (χ1n) is 6.98. The van der Waals surface area contributed by atoms with Gasteiger partial charge in [-0.1, -0.05) is 23.2 Å². The third kappa shape index (κ3) is 2.30. The lowest BCUT2D eigenvalue weighted by molar-refractivity contribution is 0.541. The quantitative estimate of drug-likeness (QED) is 0.835. The standard InChI is InChI=1S/C16H18Cl2N2/c1-16(2,19)15-10-5-3-4-6-12(10)20-13-8-9(17)7-11(18)14(13)15/h7-8H,3-6,19H2,1-2H3. The second kappa shape index (κ2) is 4.87. The molecule has 2 nitrogen and oxygen atoms in total. The average molecular weight is 309 g/mol. The maximum absolute atomic E-state index is 6.44. The summed E-state index contributed by atoms with van der Waals surface area (Å²) < 4.78 is 0. The smallest absolute Gasteiger partial charge is 0.0738 e. The van der Waals surface area contributed by atoms with Gasteiger partial charge in [-0.3, -0.25) is 4.98 Å². The average Bonchev–Trinajstić information content (AvgIpc) is 2.34. The van der Waals surface area contributed by atoms with Crippen molar-refractivity contribution >= 4 is 34.1 Å². The molecule has 2 aromatic rings. The summed E-state index contributed by atoms with van der Waals surface area (Å²) >= 11 is 12.6. The Bertz CT molecular complexity index is 687. The molecule has 0 saturated heterocycles. The van der Waals surface area contributed by atoms with Crippen LogP contribution < -0.4 is 5.73 Å². The zero-order chi connectivity index (χ0) is 14.5. The van der Waals surface area contributed by atoms with E-state index in [0.717, 1.165) is 35.0 Å². The van der Waals surface area contributed by atoms with Crippen molar-refractivity contribution in [2.24, 2.45) is 5.73 Å². The van der Waals surface area contributed by atoms with Crippen molar-refractivity contribution in [3.63, 3.8) is 0 Å². The molecule has 3 rings (SSSR count). The zero-order valence-corrected chi connectivity index (χ0v) is 13.3. The van der Waals surface area contributed by atoms with Gasteiger partial charge in [-0.15, -0.1) is 0 Å². The highest BCUT2D eigenvalue weighted by atomic mass is 35.5. The Kier molecular flexibility index (Phi) is 3.44. The monoisotopic (exact) mass is 308 g/mol. The topological polar surface area (TPSA) is 38.9 Å². The Morgan fingerprint density at radius 2 is 1.85 bits per heavy atom. The number of fused-ring (bicyclic) bond motifs is 2. The van der Waals surface area contributed by atoms with E-state index in [4.69, 9.17) is 33.9 Å². The third-order valence-electron chi connectivity index (χ3n) is 3.92. The second-order valence-electron chi connectivity index (χ2n) is 6.12. The molecule has 1 aliphatic carbocycles. The molecular weight excluding hydrogens is 291 g/mol. The van der Waals surface area contributed by atoms with Crippen molar-refractivity contribution in [3.8, 4) is 0 Å². The lowest BCUT2D eigenvalue weighted by atomic mass is 9.82. The van der Waals surface area contributed by atoms with Gasteiger partial charge in [-0.25, -0.2) is 0 Å². The number of aromatic nitrogens is 1. The minimum absolute atomic E-state index is 0.444. The molecule has 2 N–H and O–H groups in total. The predicted octanol–water partition coefficient (Wildman–Crippen LogP) is 4.61. The van der Waals surface area contributed by atoms with Crippen LogP contribution in [0.3, 0.4) is 0 Å². The fourth-order valence-corrected chi connectivity index (χ4v) is 3.76. The second-order valence-corrected chi connectivity index (χ2v) is 6.97. The Balaban J connectivity index is 2.46. The molecule has 106 valence electrons. The van der Waals surface area contributed by atoms with Crippen molar-refractivity contribution in [1.29, 1.82) is 0 Å². The van der Waals surface area contributed by atoms with E-state index in [1.54, 1.807) is 6.07 Å². The normalized spacial score (nSPS) is 15.4. The summed E-state index contributed by atoms with van der Waals surface area (Å²) in [7, 11) is 0. The van der Waals surface area contributed by atoms with E-state index in [0.29, 0.717) is 10.0 Å². The summed E-state index contributed by atoms with van der Waals surface area (Å²) in [5, 5.41) is 2.22. The minimum atomic E-state index is -0.444. The van der Waals surface area contributed by atoms with Gasteiger partial charge in [-0.2, -0.15) is 0 Å². The first kappa shape index (κ1) is 14.1. The summed E-state index contributed by atoms with van der Waals surface area (Å²) in [5.41, 5.74) is 10.4. The Morgan fingerprint density at radius 1 is 1.15 bits per heavy atom. The van der Waals surface area contributed by atoms with Gasteiger partial charge in [0.2, 0.25) is 0 Å². The molecule has 0 spiro atoms. The molecule has 1 heterocycles. The van der Waals surface area contributed by atoms with Crippen LogP contribution in [0.2, 0.25) is 10.0 Å². The fourth-order valence-electron chi connectivity index (χ4n) is 3.19. The number of rotatable bonds is 1. The summed E-state index contributed by atoms with van der Waals surface area (Å²) in [6, 6.07) is 3.66. The van der Waals surface area contributed by atoms with Crippen LogP contribution in [0.1, 0.15) is 43.5 Å². The Morgan fingerprint density at radius 3 is 2.55 bits per heavy atom. The molecule has 0 unspecified atom stereocenters. The van der Waals surface area contributed by atoms with Crippen LogP contribution in [0.25, 0.3) is 10.9 Å². The molecule has 1 aromatic heterocycles.